The van der Waals surface area contributed by atoms with Gasteiger partial charge in [-0.1, -0.05) is 30.7 Å². The van der Waals surface area contributed by atoms with E-state index in [4.69, 9.17) is 0 Å². The summed E-state index contributed by atoms with van der Waals surface area (Å²) >= 11 is 0. The third-order valence-electron chi connectivity index (χ3n) is 6.79. The summed E-state index contributed by atoms with van der Waals surface area (Å²) < 4.78 is 41.0. The number of amides is 1. The van der Waals surface area contributed by atoms with E-state index in [0.29, 0.717) is 13.1 Å². The van der Waals surface area contributed by atoms with Gasteiger partial charge in [0.05, 0.1) is 0 Å². The highest BCUT2D eigenvalue weighted by atomic mass is 19.4. The van der Waals surface area contributed by atoms with Crippen molar-refractivity contribution in [2.24, 2.45) is 5.92 Å². The lowest BCUT2D eigenvalue weighted by molar-refractivity contribution is -0.274. The van der Waals surface area contributed by atoms with Gasteiger partial charge in [-0.3, -0.25) is 4.79 Å². The molecule has 2 heterocycles. The molecular weight excluding hydrogens is 429 g/mol. The summed E-state index contributed by atoms with van der Waals surface area (Å²) in [4.78, 5) is 17.1. The Morgan fingerprint density at radius 2 is 1.76 bits per heavy atom. The minimum absolute atomic E-state index is 0.0176. The van der Waals surface area contributed by atoms with Crippen LogP contribution in [0.1, 0.15) is 58.3 Å². The van der Waals surface area contributed by atoms with Crippen LogP contribution in [0.3, 0.4) is 0 Å². The van der Waals surface area contributed by atoms with E-state index in [-0.39, 0.29) is 11.7 Å². The molecule has 0 saturated carbocycles. The first-order chi connectivity index (χ1) is 15.7. The molecule has 0 aromatic heterocycles. The number of carbonyl (C=O) groups excluding carboxylic acids is 1. The van der Waals surface area contributed by atoms with Crippen LogP contribution in [0.4, 0.5) is 13.2 Å². The standard InChI is InChI=1S/C26H31F3N2O2/c1-18-14-21(5-3-4-19-10-12-30(2)13-11-19)15-22-17-31(25(32)24(18)22)16-20-6-8-23(9-7-20)33-26(27,28)29/h6-9,14-15,19H,3-5,10-13,16-17H2,1-2H3. The molecule has 4 rings (SSSR count). The average molecular weight is 461 g/mol. The predicted molar refractivity (Wildman–Crippen MR) is 121 cm³/mol. The molecule has 33 heavy (non-hydrogen) atoms. The van der Waals surface area contributed by atoms with Crippen LogP contribution in [0.25, 0.3) is 0 Å². The van der Waals surface area contributed by atoms with Gasteiger partial charge in [0.2, 0.25) is 0 Å². The van der Waals surface area contributed by atoms with Crippen LogP contribution in [-0.4, -0.2) is 42.2 Å². The number of benzene rings is 2. The first kappa shape index (κ1) is 23.6. The van der Waals surface area contributed by atoms with Gasteiger partial charge in [0.1, 0.15) is 5.75 Å². The Morgan fingerprint density at radius 3 is 2.42 bits per heavy atom. The van der Waals surface area contributed by atoms with Crippen LogP contribution in [0, 0.1) is 12.8 Å². The number of halogens is 3. The van der Waals surface area contributed by atoms with Gasteiger partial charge in [0.25, 0.3) is 5.91 Å². The SMILES string of the molecule is Cc1cc(CCCC2CCN(C)CC2)cc2c1C(=O)N(Cc1ccc(OC(F)(F)F)cc1)C2. The fourth-order valence-electron chi connectivity index (χ4n) is 5.04. The van der Waals surface area contributed by atoms with Crippen molar-refractivity contribution in [2.45, 2.75) is 58.5 Å². The molecule has 2 aliphatic heterocycles. The third kappa shape index (κ3) is 6.08. The summed E-state index contributed by atoms with van der Waals surface area (Å²) in [6.45, 7) is 5.25. The summed E-state index contributed by atoms with van der Waals surface area (Å²) in [6, 6.07) is 10.00. The Bertz CT molecular complexity index is 980. The quantitative estimate of drug-likeness (QED) is 0.530. The molecule has 2 aromatic rings. The molecule has 0 N–H and O–H groups in total. The van der Waals surface area contributed by atoms with E-state index in [1.807, 2.05) is 6.92 Å². The van der Waals surface area contributed by atoms with Crippen molar-refractivity contribution in [3.05, 3.63) is 64.2 Å². The predicted octanol–water partition coefficient (Wildman–Crippen LogP) is 5.71. The summed E-state index contributed by atoms with van der Waals surface area (Å²) in [5.41, 5.74) is 4.87. The normalized spacial score (nSPS) is 17.5. The number of hydrogen-bond acceptors (Lipinski definition) is 3. The van der Waals surface area contributed by atoms with E-state index < -0.39 is 6.36 Å². The first-order valence-corrected chi connectivity index (χ1v) is 11.6. The molecular formula is C26H31F3N2O2. The smallest absolute Gasteiger partial charge is 0.406 e. The number of rotatable bonds is 7. The molecule has 0 radical (unpaired) electrons. The molecule has 4 nitrogen and oxygen atoms in total. The Kier molecular flexibility index (Phi) is 6.98. The lowest BCUT2D eigenvalue weighted by atomic mass is 9.90. The van der Waals surface area contributed by atoms with Crippen molar-refractivity contribution in [1.29, 1.82) is 0 Å². The Labute approximate surface area is 193 Å². The summed E-state index contributed by atoms with van der Waals surface area (Å²) in [7, 11) is 2.19. The van der Waals surface area contributed by atoms with Gasteiger partial charge < -0.3 is 14.5 Å². The average Bonchev–Trinajstić information content (AvgIpc) is 3.05. The van der Waals surface area contributed by atoms with Crippen LogP contribution in [0.2, 0.25) is 0 Å². The van der Waals surface area contributed by atoms with E-state index in [1.165, 1.54) is 50.0 Å². The fraction of sp³-hybridized carbons (Fsp3) is 0.500. The number of aryl methyl sites for hydroxylation is 2. The van der Waals surface area contributed by atoms with Gasteiger partial charge in [0.15, 0.2) is 0 Å². The summed E-state index contributed by atoms with van der Waals surface area (Å²) in [5.74, 6) is 0.542. The largest absolute Gasteiger partial charge is 0.573 e. The highest BCUT2D eigenvalue weighted by Gasteiger charge is 2.32. The lowest BCUT2D eigenvalue weighted by Gasteiger charge is -2.28. The number of hydrogen-bond donors (Lipinski definition) is 0. The van der Waals surface area contributed by atoms with Crippen molar-refractivity contribution < 1.29 is 22.7 Å². The molecule has 0 spiro atoms. The number of ether oxygens (including phenoxy) is 1. The fourth-order valence-corrected chi connectivity index (χ4v) is 5.04. The molecule has 178 valence electrons. The molecule has 1 fully saturated rings. The van der Waals surface area contributed by atoms with Gasteiger partial charge in [-0.15, -0.1) is 13.2 Å². The van der Waals surface area contributed by atoms with Crippen LogP contribution in [0.5, 0.6) is 5.75 Å². The summed E-state index contributed by atoms with van der Waals surface area (Å²) in [5, 5.41) is 0. The maximum atomic E-state index is 13.0. The summed E-state index contributed by atoms with van der Waals surface area (Å²) in [6.07, 6.45) is 1.30. The zero-order valence-corrected chi connectivity index (χ0v) is 19.3. The minimum Gasteiger partial charge on any atom is -0.406 e. The highest BCUT2D eigenvalue weighted by Crippen LogP contribution is 2.30. The highest BCUT2D eigenvalue weighted by molar-refractivity contribution is 5.99. The molecule has 2 aromatic carbocycles. The zero-order chi connectivity index (χ0) is 23.6. The van der Waals surface area contributed by atoms with Crippen molar-refractivity contribution in [3.63, 3.8) is 0 Å². The Hall–Kier alpha value is -2.54. The number of nitrogens with zero attached hydrogens (tertiary/aromatic N) is 2. The number of alkyl halides is 3. The van der Waals surface area contributed by atoms with Crippen LogP contribution < -0.4 is 4.74 Å². The molecule has 0 atom stereocenters. The molecule has 0 unspecified atom stereocenters. The zero-order valence-electron chi connectivity index (χ0n) is 19.3. The second-order valence-electron chi connectivity index (χ2n) is 9.44. The van der Waals surface area contributed by atoms with Crippen LogP contribution in [0.15, 0.2) is 36.4 Å². The van der Waals surface area contributed by atoms with E-state index in [0.717, 1.165) is 41.0 Å². The van der Waals surface area contributed by atoms with Crippen LogP contribution >= 0.6 is 0 Å². The number of likely N-dealkylation sites (tertiary alicyclic amines) is 1. The van der Waals surface area contributed by atoms with Crippen molar-refractivity contribution in [2.75, 3.05) is 20.1 Å². The van der Waals surface area contributed by atoms with Gasteiger partial charge in [0, 0.05) is 18.7 Å². The van der Waals surface area contributed by atoms with Gasteiger partial charge >= 0.3 is 6.36 Å². The van der Waals surface area contributed by atoms with Crippen molar-refractivity contribution >= 4 is 5.91 Å². The van der Waals surface area contributed by atoms with Gasteiger partial charge in [-0.25, -0.2) is 0 Å². The lowest BCUT2D eigenvalue weighted by Crippen LogP contribution is -2.30. The monoisotopic (exact) mass is 460 g/mol. The number of piperidine rings is 1. The molecule has 1 saturated heterocycles. The van der Waals surface area contributed by atoms with E-state index in [1.54, 1.807) is 17.0 Å². The number of fused-ring (bicyclic) bond motifs is 1. The Morgan fingerprint density at radius 1 is 1.06 bits per heavy atom. The second kappa shape index (κ2) is 9.75. The molecule has 2 aliphatic rings. The Balaban J connectivity index is 1.35. The molecule has 7 heteroatoms. The molecule has 0 bridgehead atoms. The molecule has 1 amide bonds. The van der Waals surface area contributed by atoms with Crippen LogP contribution in [-0.2, 0) is 19.5 Å². The number of carbonyl (C=O) groups is 1. The van der Waals surface area contributed by atoms with E-state index >= 15 is 0 Å². The van der Waals surface area contributed by atoms with Gasteiger partial charge in [-0.2, -0.15) is 0 Å². The van der Waals surface area contributed by atoms with Crippen molar-refractivity contribution in [3.8, 4) is 5.75 Å². The minimum atomic E-state index is -4.71. The first-order valence-electron chi connectivity index (χ1n) is 11.6. The van der Waals surface area contributed by atoms with E-state index in [2.05, 4.69) is 28.8 Å². The topological polar surface area (TPSA) is 32.8 Å². The maximum absolute atomic E-state index is 13.0. The van der Waals surface area contributed by atoms with E-state index in [9.17, 15) is 18.0 Å². The molecule has 0 aliphatic carbocycles. The third-order valence-corrected chi connectivity index (χ3v) is 6.79. The van der Waals surface area contributed by atoms with Crippen molar-refractivity contribution in [1.82, 2.24) is 9.80 Å². The maximum Gasteiger partial charge on any atom is 0.573 e. The second-order valence-corrected chi connectivity index (χ2v) is 9.44. The van der Waals surface area contributed by atoms with Gasteiger partial charge in [-0.05, 0) is 93.0 Å².